The second kappa shape index (κ2) is 10.6. The number of carboxylic acids is 1. The van der Waals surface area contributed by atoms with Gasteiger partial charge in [0, 0.05) is 10.6 Å². The molecule has 0 amide bonds. The first-order chi connectivity index (χ1) is 14.9. The first-order valence-corrected chi connectivity index (χ1v) is 10.3. The number of ketones is 1. The lowest BCUT2D eigenvalue weighted by molar-refractivity contribution is -0.145. The van der Waals surface area contributed by atoms with E-state index in [9.17, 15) is 14.7 Å². The van der Waals surface area contributed by atoms with Crippen LogP contribution in [0.2, 0.25) is 5.02 Å². The van der Waals surface area contributed by atoms with Crippen molar-refractivity contribution in [1.29, 1.82) is 0 Å². The van der Waals surface area contributed by atoms with Crippen molar-refractivity contribution in [1.82, 2.24) is 0 Å². The number of hydrogen-bond acceptors (Lipinski definition) is 3. The van der Waals surface area contributed by atoms with Crippen LogP contribution in [-0.4, -0.2) is 23.0 Å². The van der Waals surface area contributed by atoms with Gasteiger partial charge < -0.3 is 9.84 Å². The average molecular weight is 435 g/mol. The minimum Gasteiger partial charge on any atom is -0.479 e. The van der Waals surface area contributed by atoms with Crippen LogP contribution in [0.15, 0.2) is 78.9 Å². The highest BCUT2D eigenvalue weighted by atomic mass is 35.5. The Morgan fingerprint density at radius 2 is 1.74 bits per heavy atom. The summed E-state index contributed by atoms with van der Waals surface area (Å²) in [6, 6.07) is 21.9. The highest BCUT2D eigenvalue weighted by Crippen LogP contribution is 2.21. The maximum atomic E-state index is 12.7. The zero-order valence-corrected chi connectivity index (χ0v) is 17.9. The number of carbonyl (C=O) groups excluding carboxylic acids is 1. The Balaban J connectivity index is 1.71. The second-order valence-corrected chi connectivity index (χ2v) is 7.63. The van der Waals surface area contributed by atoms with Gasteiger partial charge in [0.15, 0.2) is 11.9 Å². The van der Waals surface area contributed by atoms with Crippen molar-refractivity contribution < 1.29 is 19.4 Å². The van der Waals surface area contributed by atoms with Gasteiger partial charge in [0.25, 0.3) is 0 Å². The average Bonchev–Trinajstić information content (AvgIpc) is 2.77. The highest BCUT2D eigenvalue weighted by Gasteiger charge is 2.20. The lowest BCUT2D eigenvalue weighted by Crippen LogP contribution is -2.27. The van der Waals surface area contributed by atoms with Crippen molar-refractivity contribution >= 4 is 29.4 Å². The van der Waals surface area contributed by atoms with Gasteiger partial charge in [-0.25, -0.2) is 4.79 Å². The Kier molecular flexibility index (Phi) is 7.63. The van der Waals surface area contributed by atoms with E-state index in [0.717, 1.165) is 16.7 Å². The number of carbonyl (C=O) groups is 2. The Bertz CT molecular complexity index is 1070. The van der Waals surface area contributed by atoms with Crippen molar-refractivity contribution in [3.8, 4) is 5.75 Å². The van der Waals surface area contributed by atoms with Crippen LogP contribution in [0.4, 0.5) is 0 Å². The van der Waals surface area contributed by atoms with Crippen LogP contribution < -0.4 is 4.74 Å². The van der Waals surface area contributed by atoms with Crippen LogP contribution in [0.5, 0.6) is 5.75 Å². The molecule has 1 N–H and O–H groups in total. The Morgan fingerprint density at radius 3 is 2.42 bits per heavy atom. The van der Waals surface area contributed by atoms with Gasteiger partial charge in [0.05, 0.1) is 0 Å². The fourth-order valence-electron chi connectivity index (χ4n) is 3.11. The van der Waals surface area contributed by atoms with Crippen LogP contribution in [0.25, 0.3) is 6.08 Å². The third kappa shape index (κ3) is 6.56. The van der Waals surface area contributed by atoms with Gasteiger partial charge in [-0.1, -0.05) is 66.2 Å². The molecule has 0 fully saturated rings. The standard InChI is InChI=1S/C26H23ClO4/c1-18-7-14-22(31-25(26(29)30)16-11-19-5-3-2-4-6-19)17-23(18)24(28)15-10-20-8-12-21(27)13-9-20/h2-10,12-15,17,25H,11,16H2,1H3,(H,29,30)/b15-10+. The maximum absolute atomic E-state index is 12.7. The SMILES string of the molecule is Cc1ccc(OC(CCc2ccccc2)C(=O)O)cc1C(=O)/C=C/c1ccc(Cl)cc1. The number of benzene rings is 3. The van der Waals surface area contributed by atoms with E-state index in [1.54, 1.807) is 36.4 Å². The van der Waals surface area contributed by atoms with Crippen molar-refractivity contribution in [3.05, 3.63) is 106 Å². The van der Waals surface area contributed by atoms with Gasteiger partial charge in [-0.15, -0.1) is 0 Å². The normalized spacial score (nSPS) is 11.9. The molecule has 1 unspecified atom stereocenters. The third-order valence-electron chi connectivity index (χ3n) is 4.86. The molecule has 0 saturated carbocycles. The van der Waals surface area contributed by atoms with E-state index in [-0.39, 0.29) is 5.78 Å². The molecule has 0 aliphatic carbocycles. The van der Waals surface area contributed by atoms with Crippen molar-refractivity contribution in [2.75, 3.05) is 0 Å². The Morgan fingerprint density at radius 1 is 1.03 bits per heavy atom. The molecule has 0 radical (unpaired) electrons. The molecular formula is C26H23ClO4. The second-order valence-electron chi connectivity index (χ2n) is 7.19. The predicted molar refractivity (Wildman–Crippen MR) is 123 cm³/mol. The number of hydrogen-bond donors (Lipinski definition) is 1. The monoisotopic (exact) mass is 434 g/mol. The quantitative estimate of drug-likeness (QED) is 0.331. The number of ether oxygens (including phenoxy) is 1. The van der Waals surface area contributed by atoms with Crippen LogP contribution in [0, 0.1) is 6.92 Å². The molecule has 3 aromatic rings. The van der Waals surface area contributed by atoms with Crippen LogP contribution in [0.3, 0.4) is 0 Å². The van der Waals surface area contributed by atoms with Gasteiger partial charge in [0.1, 0.15) is 5.75 Å². The van der Waals surface area contributed by atoms with Gasteiger partial charge in [0.2, 0.25) is 0 Å². The zero-order valence-electron chi connectivity index (χ0n) is 17.1. The van der Waals surface area contributed by atoms with Gasteiger partial charge in [-0.3, -0.25) is 4.79 Å². The molecular weight excluding hydrogens is 412 g/mol. The summed E-state index contributed by atoms with van der Waals surface area (Å²) in [5, 5.41) is 10.2. The number of allylic oxidation sites excluding steroid dienone is 1. The van der Waals surface area contributed by atoms with E-state index in [2.05, 4.69) is 0 Å². The molecule has 0 aliphatic rings. The molecule has 4 nitrogen and oxygen atoms in total. The van der Waals surface area contributed by atoms with E-state index in [1.165, 1.54) is 6.08 Å². The molecule has 3 rings (SSSR count). The van der Waals surface area contributed by atoms with Crippen LogP contribution in [-0.2, 0) is 11.2 Å². The number of halogens is 1. The van der Waals surface area contributed by atoms with Crippen LogP contribution in [0.1, 0.15) is 33.5 Å². The maximum Gasteiger partial charge on any atom is 0.344 e. The van der Waals surface area contributed by atoms with E-state index in [0.29, 0.717) is 29.2 Å². The number of aliphatic carboxylic acids is 1. The molecule has 3 aromatic carbocycles. The molecule has 0 heterocycles. The summed E-state index contributed by atoms with van der Waals surface area (Å²) < 4.78 is 5.73. The molecule has 5 heteroatoms. The summed E-state index contributed by atoms with van der Waals surface area (Å²) in [4.78, 5) is 24.4. The number of carboxylic acid groups (broad SMARTS) is 1. The lowest BCUT2D eigenvalue weighted by Gasteiger charge is -2.16. The number of rotatable bonds is 9. The van der Waals surface area contributed by atoms with E-state index in [4.69, 9.17) is 16.3 Å². The minimum absolute atomic E-state index is 0.186. The van der Waals surface area contributed by atoms with Gasteiger partial charge in [-0.05, 0) is 66.8 Å². The first kappa shape index (κ1) is 22.3. The molecule has 31 heavy (non-hydrogen) atoms. The molecule has 0 aromatic heterocycles. The largest absolute Gasteiger partial charge is 0.479 e. The van der Waals surface area contributed by atoms with Gasteiger partial charge >= 0.3 is 5.97 Å². The summed E-state index contributed by atoms with van der Waals surface area (Å²) in [7, 11) is 0. The fourth-order valence-corrected chi connectivity index (χ4v) is 3.24. The summed E-state index contributed by atoms with van der Waals surface area (Å²) in [6.45, 7) is 1.83. The van der Waals surface area contributed by atoms with Crippen molar-refractivity contribution in [3.63, 3.8) is 0 Å². The smallest absolute Gasteiger partial charge is 0.344 e. The molecule has 0 aliphatic heterocycles. The molecule has 0 saturated heterocycles. The molecule has 0 bridgehead atoms. The summed E-state index contributed by atoms with van der Waals surface area (Å²) >= 11 is 5.88. The summed E-state index contributed by atoms with van der Waals surface area (Å²) in [6.07, 6.45) is 3.10. The van der Waals surface area contributed by atoms with Crippen molar-refractivity contribution in [2.45, 2.75) is 25.9 Å². The highest BCUT2D eigenvalue weighted by molar-refractivity contribution is 6.30. The van der Waals surface area contributed by atoms with Crippen molar-refractivity contribution in [2.24, 2.45) is 0 Å². The van der Waals surface area contributed by atoms with E-state index >= 15 is 0 Å². The predicted octanol–water partition coefficient (Wildman–Crippen LogP) is 6.01. The summed E-state index contributed by atoms with van der Waals surface area (Å²) in [5.41, 5.74) is 3.16. The lowest BCUT2D eigenvalue weighted by atomic mass is 10.0. The molecule has 158 valence electrons. The molecule has 0 spiro atoms. The van der Waals surface area contributed by atoms with Crippen LogP contribution >= 0.6 is 11.6 Å². The molecule has 1 atom stereocenters. The van der Waals surface area contributed by atoms with E-state index < -0.39 is 12.1 Å². The zero-order chi connectivity index (χ0) is 22.2. The Hall–Kier alpha value is -3.37. The van der Waals surface area contributed by atoms with Gasteiger partial charge in [-0.2, -0.15) is 0 Å². The first-order valence-electron chi connectivity index (χ1n) is 9.94. The summed E-state index contributed by atoms with van der Waals surface area (Å²) in [5.74, 6) is -0.865. The Labute approximate surface area is 186 Å². The number of aryl methyl sites for hydroxylation is 2. The third-order valence-corrected chi connectivity index (χ3v) is 5.12. The fraction of sp³-hybridized carbons (Fsp3) is 0.154. The topological polar surface area (TPSA) is 63.6 Å². The minimum atomic E-state index is -1.04. The van der Waals surface area contributed by atoms with E-state index in [1.807, 2.05) is 49.4 Å².